The van der Waals surface area contributed by atoms with Crippen LogP contribution in [0.4, 0.5) is 0 Å². The maximum atomic E-state index is 10.3. The van der Waals surface area contributed by atoms with Crippen LogP contribution < -0.4 is 10.2 Å². The summed E-state index contributed by atoms with van der Waals surface area (Å²) in [6.45, 7) is 7.89. The molecule has 0 aromatic carbocycles. The van der Waals surface area contributed by atoms with E-state index in [0.29, 0.717) is 12.8 Å². The molecule has 0 aromatic rings. The molecule has 0 fully saturated rings. The van der Waals surface area contributed by atoms with E-state index in [9.17, 15) is 19.8 Å². The summed E-state index contributed by atoms with van der Waals surface area (Å²) in [6, 6.07) is 0. The van der Waals surface area contributed by atoms with E-state index in [0.717, 1.165) is 38.5 Å². The smallest absolute Gasteiger partial charge is 0.550 e. The molecule has 0 saturated heterocycles. The second-order valence-corrected chi connectivity index (χ2v) is 5.13. The third-order valence-corrected chi connectivity index (χ3v) is 3.46. The minimum atomic E-state index is -0.893. The average molecular weight is 409 g/mol. The number of carbonyl (C=O) groups excluding carboxylic acids is 2. The molecule has 0 spiro atoms. The number of hydrogen-bond acceptors (Lipinski definition) is 4. The molecule has 126 valence electrons. The van der Waals surface area contributed by atoms with Gasteiger partial charge in [-0.05, 0) is 37.5 Å². The Bertz CT molecular complexity index is 240. The fourth-order valence-electron chi connectivity index (χ4n) is 1.88. The zero-order chi connectivity index (χ0) is 16.0. The van der Waals surface area contributed by atoms with Gasteiger partial charge < -0.3 is 19.8 Å². The van der Waals surface area contributed by atoms with E-state index in [1.54, 1.807) is 0 Å². The van der Waals surface area contributed by atoms with Crippen LogP contribution in [-0.4, -0.2) is 35.8 Å². The maximum absolute atomic E-state index is 10.3. The number of unbranched alkanes of at least 4 members (excludes halogenated alkanes) is 2. The molecule has 0 aromatic heterocycles. The number of carboxylic acids is 2. The van der Waals surface area contributed by atoms with Crippen molar-refractivity contribution in [1.82, 2.24) is 0 Å². The van der Waals surface area contributed by atoms with Crippen molar-refractivity contribution in [2.45, 2.75) is 79.1 Å². The van der Waals surface area contributed by atoms with Crippen molar-refractivity contribution in [2.75, 3.05) is 0 Å². The van der Waals surface area contributed by atoms with E-state index in [2.05, 4.69) is 13.8 Å². The summed E-state index contributed by atoms with van der Waals surface area (Å²) in [6.07, 6.45) is 7.04. The van der Waals surface area contributed by atoms with Crippen molar-refractivity contribution in [3.8, 4) is 0 Å². The van der Waals surface area contributed by atoms with Gasteiger partial charge >= 0.3 is 23.9 Å². The van der Waals surface area contributed by atoms with Crippen LogP contribution in [0.25, 0.3) is 0 Å². The molecule has 0 N–H and O–H groups in total. The second kappa shape index (κ2) is 17.8. The van der Waals surface area contributed by atoms with Crippen LogP contribution in [0.15, 0.2) is 0 Å². The monoisotopic (exact) mass is 410 g/mol. The zero-order valence-electron chi connectivity index (χ0n) is 13.9. The fourth-order valence-corrected chi connectivity index (χ4v) is 1.88. The molecular formula is C16H34O4Sn. The molecular weight excluding hydrogens is 375 g/mol. The number of rotatable bonds is 10. The fraction of sp³-hybridized carbons (Fsp3) is 0.875. The Balaban J connectivity index is -0.0000000831. The number of hydrogen-bond donors (Lipinski definition) is 0. The summed E-state index contributed by atoms with van der Waals surface area (Å²) in [5, 5.41) is 20.7. The van der Waals surface area contributed by atoms with Crippen LogP contribution in [0.5, 0.6) is 0 Å². The van der Waals surface area contributed by atoms with Crippen molar-refractivity contribution in [3.05, 3.63) is 0 Å². The predicted octanol–water partition coefficient (Wildman–Crippen LogP) is 2.02. The van der Waals surface area contributed by atoms with Gasteiger partial charge in [0.25, 0.3) is 0 Å². The second-order valence-electron chi connectivity index (χ2n) is 5.13. The standard InChI is InChI=1S/2C8H16O2.Sn.2H2/c2*1-3-5-6-7(4-2)8(9)10;;;/h2*7H,3-6H2,1-2H3,(H,9,10);;2*1H/q;;+2;;/p-2. The van der Waals surface area contributed by atoms with Gasteiger partial charge in [-0.1, -0.05) is 53.4 Å². The molecule has 0 saturated carbocycles. The van der Waals surface area contributed by atoms with Gasteiger partial charge in [0.1, 0.15) is 0 Å². The van der Waals surface area contributed by atoms with E-state index >= 15 is 0 Å². The van der Waals surface area contributed by atoms with Crippen molar-refractivity contribution in [3.63, 3.8) is 0 Å². The summed E-state index contributed by atoms with van der Waals surface area (Å²) >= 11 is 0. The van der Waals surface area contributed by atoms with Gasteiger partial charge in [-0.3, -0.25) is 0 Å². The van der Waals surface area contributed by atoms with Crippen molar-refractivity contribution in [2.24, 2.45) is 11.8 Å². The molecule has 5 heteroatoms. The number of aliphatic carboxylic acids is 2. The molecule has 0 aliphatic carbocycles. The van der Waals surface area contributed by atoms with Gasteiger partial charge in [0.15, 0.2) is 0 Å². The first-order valence-corrected chi connectivity index (χ1v) is 7.86. The Morgan fingerprint density at radius 2 is 1.10 bits per heavy atom. The summed E-state index contributed by atoms with van der Waals surface area (Å²) in [4.78, 5) is 20.7. The number of carbonyl (C=O) groups is 2. The Labute approximate surface area is 149 Å². The van der Waals surface area contributed by atoms with Crippen LogP contribution in [0.2, 0.25) is 0 Å². The topological polar surface area (TPSA) is 80.3 Å². The Morgan fingerprint density at radius 3 is 1.24 bits per heavy atom. The van der Waals surface area contributed by atoms with E-state index in [1.165, 1.54) is 0 Å². The first kappa shape index (κ1) is 25.7. The van der Waals surface area contributed by atoms with Crippen molar-refractivity contribution < 1.29 is 22.7 Å². The van der Waals surface area contributed by atoms with Gasteiger partial charge in [-0.15, -0.1) is 0 Å². The SMILES string of the molecule is CCCCC(CC)C(=O)[O-].CCCCC(CC)C(=O)[O-].[HH].[HH].[Sn+2]. The molecule has 0 amide bonds. The van der Waals surface area contributed by atoms with Crippen LogP contribution in [-0.2, 0) is 9.59 Å². The third kappa shape index (κ3) is 15.9. The molecule has 0 heterocycles. The van der Waals surface area contributed by atoms with E-state index in [1.807, 2.05) is 13.8 Å². The van der Waals surface area contributed by atoms with Crippen LogP contribution in [0.3, 0.4) is 0 Å². The largest absolute Gasteiger partial charge is 2.00 e. The first-order chi connectivity index (χ1) is 9.44. The molecule has 0 rings (SSSR count). The Hall–Kier alpha value is -0.261. The molecule has 0 aliphatic rings. The van der Waals surface area contributed by atoms with Crippen LogP contribution >= 0.6 is 0 Å². The molecule has 21 heavy (non-hydrogen) atoms. The Kier molecular flexibility index (Phi) is 21.8. The Morgan fingerprint density at radius 1 is 0.810 bits per heavy atom. The third-order valence-electron chi connectivity index (χ3n) is 3.46. The van der Waals surface area contributed by atoms with Crippen LogP contribution in [0.1, 0.15) is 81.9 Å². The van der Waals surface area contributed by atoms with E-state index in [4.69, 9.17) is 0 Å². The summed E-state index contributed by atoms with van der Waals surface area (Å²) in [5.74, 6) is -2.23. The van der Waals surface area contributed by atoms with Gasteiger partial charge in [-0.25, -0.2) is 0 Å². The average Bonchev–Trinajstić information content (AvgIpc) is 2.40. The molecule has 0 bridgehead atoms. The van der Waals surface area contributed by atoms with Gasteiger partial charge in [0.05, 0.1) is 0 Å². The normalized spacial score (nSPS) is 12.4. The summed E-state index contributed by atoms with van der Waals surface area (Å²) in [5.41, 5.74) is 0. The van der Waals surface area contributed by atoms with E-state index < -0.39 is 11.9 Å². The van der Waals surface area contributed by atoms with Gasteiger partial charge in [-0.2, -0.15) is 0 Å². The minimum absolute atomic E-state index is 0. The quantitative estimate of drug-likeness (QED) is 0.518. The number of carboxylic acid groups (broad SMARTS) is 2. The minimum Gasteiger partial charge on any atom is -0.550 e. The molecule has 0 aliphatic heterocycles. The molecule has 2 radical (unpaired) electrons. The van der Waals surface area contributed by atoms with Crippen molar-refractivity contribution in [1.29, 1.82) is 0 Å². The summed E-state index contributed by atoms with van der Waals surface area (Å²) in [7, 11) is 0. The molecule has 4 nitrogen and oxygen atoms in total. The van der Waals surface area contributed by atoms with E-state index in [-0.39, 0.29) is 38.6 Å². The molecule has 2 atom stereocenters. The van der Waals surface area contributed by atoms with Crippen molar-refractivity contribution >= 4 is 35.8 Å². The maximum Gasteiger partial charge on any atom is 2.00 e. The summed E-state index contributed by atoms with van der Waals surface area (Å²) < 4.78 is 0. The predicted molar refractivity (Wildman–Crippen MR) is 86.6 cm³/mol. The van der Waals surface area contributed by atoms with Crippen LogP contribution in [0, 0.1) is 11.8 Å². The molecule has 2 unspecified atom stereocenters. The first-order valence-electron chi connectivity index (χ1n) is 7.86. The van der Waals surface area contributed by atoms with Gasteiger partial charge in [0, 0.05) is 14.8 Å². The van der Waals surface area contributed by atoms with Gasteiger partial charge in [0.2, 0.25) is 0 Å². The zero-order valence-corrected chi connectivity index (χ0v) is 16.8.